The van der Waals surface area contributed by atoms with Gasteiger partial charge in [0.2, 0.25) is 0 Å². The molecule has 1 heterocycles. The maximum atomic E-state index is 13.0. The zero-order chi connectivity index (χ0) is 17.3. The fourth-order valence-electron chi connectivity index (χ4n) is 2.82. The van der Waals surface area contributed by atoms with Crippen molar-refractivity contribution in [2.45, 2.75) is 6.04 Å². The van der Waals surface area contributed by atoms with Crippen LogP contribution >= 0.6 is 23.2 Å². The molecule has 1 fully saturated rings. The predicted octanol–water partition coefficient (Wildman–Crippen LogP) is 4.36. The molecule has 0 spiro atoms. The van der Waals surface area contributed by atoms with Crippen molar-refractivity contribution in [1.82, 2.24) is 10.6 Å². The van der Waals surface area contributed by atoms with Crippen LogP contribution in [0.3, 0.4) is 0 Å². The first kappa shape index (κ1) is 16.6. The molecule has 2 atom stereocenters. The van der Waals surface area contributed by atoms with Crippen LogP contribution in [0.15, 0.2) is 60.8 Å². The van der Waals surface area contributed by atoms with Crippen LogP contribution in [0, 0.1) is 5.92 Å². The molecule has 4 nitrogen and oxygen atoms in total. The Bertz CT molecular complexity index is 801. The first-order chi connectivity index (χ1) is 11.5. The fraction of sp³-hybridized carbons (Fsp3) is 0.111. The smallest absolute Gasteiger partial charge is 0.319 e. The number of halogens is 2. The highest BCUT2D eigenvalue weighted by Crippen LogP contribution is 2.39. The van der Waals surface area contributed by atoms with Gasteiger partial charge in [-0.3, -0.25) is 4.79 Å². The lowest BCUT2D eigenvalue weighted by Gasteiger charge is -2.34. The topological polar surface area (TPSA) is 58.2 Å². The molecule has 0 saturated carbocycles. The van der Waals surface area contributed by atoms with Gasteiger partial charge in [0.25, 0.3) is 0 Å². The maximum absolute atomic E-state index is 13.0. The number of amides is 2. The van der Waals surface area contributed by atoms with E-state index in [-0.39, 0.29) is 5.78 Å². The monoisotopic (exact) mass is 360 g/mol. The number of urea groups is 1. The van der Waals surface area contributed by atoms with Crippen LogP contribution < -0.4 is 10.6 Å². The molecule has 1 aliphatic rings. The molecule has 1 aliphatic heterocycles. The molecular weight excluding hydrogens is 347 g/mol. The summed E-state index contributed by atoms with van der Waals surface area (Å²) in [5.74, 6) is -0.892. The highest BCUT2D eigenvalue weighted by atomic mass is 35.5. The van der Waals surface area contributed by atoms with Gasteiger partial charge in [-0.2, -0.15) is 0 Å². The lowest BCUT2D eigenvalue weighted by molar-refractivity contribution is 0.0905. The Kier molecular flexibility index (Phi) is 4.60. The van der Waals surface area contributed by atoms with Crippen molar-refractivity contribution in [3.8, 4) is 0 Å². The van der Waals surface area contributed by atoms with Crippen molar-refractivity contribution in [3.63, 3.8) is 0 Å². The van der Waals surface area contributed by atoms with E-state index in [4.69, 9.17) is 23.2 Å². The molecule has 0 bridgehead atoms. The Labute approximate surface area is 149 Å². The van der Waals surface area contributed by atoms with Gasteiger partial charge in [0.1, 0.15) is 0 Å². The lowest BCUT2D eigenvalue weighted by Crippen LogP contribution is -2.50. The van der Waals surface area contributed by atoms with Crippen LogP contribution in [0.25, 0.3) is 0 Å². The molecular formula is C18H14Cl2N2O2. The molecule has 122 valence electrons. The molecule has 3 rings (SSSR count). The highest BCUT2D eigenvalue weighted by Gasteiger charge is 2.39. The number of rotatable bonds is 3. The Morgan fingerprint density at radius 3 is 2.25 bits per heavy atom. The van der Waals surface area contributed by atoms with Gasteiger partial charge in [-0.1, -0.05) is 66.2 Å². The third-order valence-electron chi connectivity index (χ3n) is 3.92. The Morgan fingerprint density at radius 1 is 1.00 bits per heavy atom. The van der Waals surface area contributed by atoms with Gasteiger partial charge in [-0.05, 0) is 12.1 Å². The van der Waals surface area contributed by atoms with E-state index in [1.807, 2.05) is 6.07 Å². The van der Waals surface area contributed by atoms with E-state index < -0.39 is 18.0 Å². The molecule has 0 radical (unpaired) electrons. The molecule has 24 heavy (non-hydrogen) atoms. The van der Waals surface area contributed by atoms with Crippen molar-refractivity contribution < 1.29 is 9.59 Å². The number of hydrogen-bond donors (Lipinski definition) is 2. The van der Waals surface area contributed by atoms with Gasteiger partial charge in [-0.15, -0.1) is 0 Å². The highest BCUT2D eigenvalue weighted by molar-refractivity contribution is 6.36. The van der Waals surface area contributed by atoms with E-state index in [2.05, 4.69) is 17.2 Å². The molecule has 2 N–H and O–H groups in total. The van der Waals surface area contributed by atoms with Gasteiger partial charge in [0.05, 0.1) is 12.0 Å². The summed E-state index contributed by atoms with van der Waals surface area (Å²) in [4.78, 5) is 24.9. The molecule has 2 amide bonds. The third-order valence-corrected chi connectivity index (χ3v) is 4.58. The van der Waals surface area contributed by atoms with E-state index in [1.54, 1.807) is 42.5 Å². The number of carbonyl (C=O) groups excluding carboxylic acids is 2. The molecule has 6 heteroatoms. The molecule has 0 unspecified atom stereocenters. The van der Waals surface area contributed by atoms with Gasteiger partial charge in [0.15, 0.2) is 5.78 Å². The molecule has 2 aromatic rings. The first-order valence-electron chi connectivity index (χ1n) is 7.28. The number of carbonyl (C=O) groups is 2. The molecule has 0 aromatic heterocycles. The molecule has 0 aliphatic carbocycles. The van der Waals surface area contributed by atoms with Crippen LogP contribution in [0.4, 0.5) is 4.79 Å². The largest absolute Gasteiger partial charge is 0.330 e. The minimum absolute atomic E-state index is 0.172. The van der Waals surface area contributed by atoms with E-state index in [1.165, 1.54) is 0 Å². The van der Waals surface area contributed by atoms with Crippen molar-refractivity contribution >= 4 is 35.0 Å². The summed E-state index contributed by atoms with van der Waals surface area (Å²) in [6, 6.07) is 12.7. The average molecular weight is 361 g/mol. The number of ketones is 1. The Morgan fingerprint density at radius 2 is 1.62 bits per heavy atom. The summed E-state index contributed by atoms with van der Waals surface area (Å²) in [7, 11) is 0. The van der Waals surface area contributed by atoms with Gasteiger partial charge in [0, 0.05) is 26.9 Å². The number of nitrogens with one attached hydrogen (secondary N) is 2. The van der Waals surface area contributed by atoms with Gasteiger partial charge >= 0.3 is 6.03 Å². The fourth-order valence-corrected chi connectivity index (χ4v) is 3.46. The number of Topliss-reactive ketones (excluding diaryl/α,β-unsaturated/α-hetero) is 1. The maximum Gasteiger partial charge on any atom is 0.319 e. The number of benzene rings is 2. The van der Waals surface area contributed by atoms with E-state index >= 15 is 0 Å². The van der Waals surface area contributed by atoms with Crippen molar-refractivity contribution in [2.75, 3.05) is 0 Å². The minimum Gasteiger partial charge on any atom is -0.330 e. The van der Waals surface area contributed by atoms with Crippen LogP contribution in [0.5, 0.6) is 0 Å². The SMILES string of the molecule is C=C1NC(=O)N[C@@H](c2c(Cl)cccc2Cl)[C@@H]1C(=O)c1ccccc1. The number of hydrogen-bond acceptors (Lipinski definition) is 2. The van der Waals surface area contributed by atoms with Gasteiger partial charge < -0.3 is 10.6 Å². The van der Waals surface area contributed by atoms with Crippen molar-refractivity contribution in [2.24, 2.45) is 5.92 Å². The van der Waals surface area contributed by atoms with Crippen LogP contribution in [0.2, 0.25) is 10.0 Å². The van der Waals surface area contributed by atoms with E-state index in [9.17, 15) is 9.59 Å². The summed E-state index contributed by atoms with van der Waals surface area (Å²) in [5, 5.41) is 6.08. The standard InChI is InChI=1S/C18H14Cl2N2O2/c1-10-14(17(23)11-6-3-2-4-7-11)16(22-18(24)21-10)15-12(19)8-5-9-13(15)20/h2-9,14,16H,1H2,(H2,21,22,24)/t14-,16-/m1/s1. The Hall–Kier alpha value is -2.30. The quantitative estimate of drug-likeness (QED) is 0.798. The third kappa shape index (κ3) is 3.03. The summed E-state index contributed by atoms with van der Waals surface area (Å²) in [6.45, 7) is 3.85. The van der Waals surface area contributed by atoms with Gasteiger partial charge in [-0.25, -0.2) is 4.79 Å². The zero-order valence-electron chi connectivity index (χ0n) is 12.6. The first-order valence-corrected chi connectivity index (χ1v) is 8.04. The van der Waals surface area contributed by atoms with E-state index in [0.29, 0.717) is 26.9 Å². The van der Waals surface area contributed by atoms with E-state index in [0.717, 1.165) is 0 Å². The second-order valence-corrected chi connectivity index (χ2v) is 6.26. The molecule has 1 saturated heterocycles. The van der Waals surface area contributed by atoms with Crippen molar-refractivity contribution in [1.29, 1.82) is 0 Å². The summed E-state index contributed by atoms with van der Waals surface area (Å²) in [5.41, 5.74) is 1.34. The van der Waals surface area contributed by atoms with Crippen LogP contribution in [-0.2, 0) is 0 Å². The lowest BCUT2D eigenvalue weighted by atomic mass is 9.83. The normalized spacial score (nSPS) is 20.2. The average Bonchev–Trinajstić information content (AvgIpc) is 2.54. The van der Waals surface area contributed by atoms with Crippen LogP contribution in [0.1, 0.15) is 22.0 Å². The molecule has 2 aromatic carbocycles. The zero-order valence-corrected chi connectivity index (χ0v) is 14.1. The minimum atomic E-state index is -0.720. The second kappa shape index (κ2) is 6.67. The van der Waals surface area contributed by atoms with Crippen molar-refractivity contribution in [3.05, 3.63) is 82.0 Å². The summed E-state index contributed by atoms with van der Waals surface area (Å²) < 4.78 is 0. The summed E-state index contributed by atoms with van der Waals surface area (Å²) >= 11 is 12.6. The van der Waals surface area contributed by atoms with Crippen LogP contribution in [-0.4, -0.2) is 11.8 Å². The predicted molar refractivity (Wildman–Crippen MR) is 94.3 cm³/mol. The summed E-state index contributed by atoms with van der Waals surface area (Å²) in [6.07, 6.45) is 0. The Balaban J connectivity index is 2.08. The second-order valence-electron chi connectivity index (χ2n) is 5.44.